The van der Waals surface area contributed by atoms with Crippen molar-refractivity contribution in [2.24, 2.45) is 40.4 Å². The van der Waals surface area contributed by atoms with Crippen molar-refractivity contribution in [2.75, 3.05) is 6.54 Å². The van der Waals surface area contributed by atoms with Gasteiger partial charge in [0.25, 0.3) is 15.9 Å². The molecule has 262 valence electrons. The molecule has 5 amide bonds. The Balaban J connectivity index is 1.35. The van der Waals surface area contributed by atoms with E-state index < -0.39 is 68.8 Å². The third-order valence-corrected chi connectivity index (χ3v) is 12.1. The Morgan fingerprint density at radius 2 is 1.65 bits per heavy atom. The first-order valence-electron chi connectivity index (χ1n) is 16.7. The average molecular weight is 684 g/mol. The van der Waals surface area contributed by atoms with Gasteiger partial charge >= 0.3 is 6.03 Å². The molecule has 7 atom stereocenters. The van der Waals surface area contributed by atoms with Crippen LogP contribution in [0.5, 0.6) is 0 Å². The van der Waals surface area contributed by atoms with Crippen molar-refractivity contribution in [1.29, 1.82) is 0 Å². The first-order valence-corrected chi connectivity index (χ1v) is 18.2. The average Bonchev–Trinajstić information content (AvgIpc) is 3.96. The van der Waals surface area contributed by atoms with E-state index in [1.54, 1.807) is 18.2 Å². The molecule has 0 radical (unpaired) electrons. The van der Waals surface area contributed by atoms with Gasteiger partial charge in [-0.3, -0.25) is 19.2 Å². The van der Waals surface area contributed by atoms with Crippen LogP contribution in [0.3, 0.4) is 0 Å². The summed E-state index contributed by atoms with van der Waals surface area (Å²) in [6, 6.07) is 4.16. The van der Waals surface area contributed by atoms with E-state index in [2.05, 4.69) is 27.3 Å². The second-order valence-electron chi connectivity index (χ2n) is 16.0. The summed E-state index contributed by atoms with van der Waals surface area (Å²) >= 11 is 0. The van der Waals surface area contributed by atoms with Gasteiger partial charge in [0.15, 0.2) is 5.78 Å². The standard InChI is InChI=1S/C35H49N5O7S/c1-9-21-17-35(21,31(44)39-48(46,47)22-13-11-10-12-14-22)38-29(42)26-24-23(34(24,7)8)18-40(26)30(43)28(33(4,5)6)37-32(45)36-25(19(2)3)27(41)20-15-16-20/h9-14,19-21,23-26,28H,1,15-18H2,2-8H3,(H,38,42)(H,39,44)(H2,36,37,45)/t21-,23+,24?,25?,26+,28-,35-/m1/s1. The van der Waals surface area contributed by atoms with Crippen LogP contribution >= 0.6 is 0 Å². The molecule has 1 aromatic carbocycles. The molecular weight excluding hydrogens is 634 g/mol. The van der Waals surface area contributed by atoms with Crippen LogP contribution in [0.4, 0.5) is 4.79 Å². The second kappa shape index (κ2) is 12.3. The maximum atomic E-state index is 14.3. The number of Topliss-reactive ketones (excluding diaryl/α,β-unsaturated/α-hetero) is 1. The van der Waals surface area contributed by atoms with Crippen LogP contribution in [-0.2, 0) is 29.2 Å². The van der Waals surface area contributed by atoms with Gasteiger partial charge in [-0.2, -0.15) is 0 Å². The zero-order valence-corrected chi connectivity index (χ0v) is 29.6. The van der Waals surface area contributed by atoms with Crippen molar-refractivity contribution in [3.05, 3.63) is 43.0 Å². The van der Waals surface area contributed by atoms with E-state index in [-0.39, 0.29) is 52.7 Å². The summed E-state index contributed by atoms with van der Waals surface area (Å²) in [7, 11) is -4.21. The summed E-state index contributed by atoms with van der Waals surface area (Å²) in [6.07, 6.45) is 3.28. The topological polar surface area (TPSA) is 171 Å². The van der Waals surface area contributed by atoms with E-state index in [1.807, 2.05) is 48.5 Å². The number of carbonyl (C=O) groups excluding carboxylic acids is 5. The quantitative estimate of drug-likeness (QED) is 0.246. The van der Waals surface area contributed by atoms with Crippen LogP contribution in [0, 0.1) is 40.4 Å². The zero-order valence-electron chi connectivity index (χ0n) is 28.8. The van der Waals surface area contributed by atoms with Gasteiger partial charge in [-0.15, -0.1) is 6.58 Å². The Morgan fingerprint density at radius 3 is 2.17 bits per heavy atom. The molecule has 4 fully saturated rings. The summed E-state index contributed by atoms with van der Waals surface area (Å²) in [4.78, 5) is 69.6. The van der Waals surface area contributed by atoms with E-state index in [4.69, 9.17) is 0 Å². The molecule has 0 spiro atoms. The van der Waals surface area contributed by atoms with Gasteiger partial charge in [-0.1, -0.05) is 72.7 Å². The fourth-order valence-corrected chi connectivity index (χ4v) is 8.39. The monoisotopic (exact) mass is 683 g/mol. The zero-order chi connectivity index (χ0) is 35.6. The predicted molar refractivity (Wildman–Crippen MR) is 178 cm³/mol. The Morgan fingerprint density at radius 1 is 1.02 bits per heavy atom. The number of sulfonamides is 1. The number of ketones is 1. The first kappa shape index (κ1) is 35.6. The molecule has 1 aliphatic heterocycles. The van der Waals surface area contributed by atoms with E-state index in [1.165, 1.54) is 23.1 Å². The third kappa shape index (κ3) is 6.62. The lowest BCUT2D eigenvalue weighted by molar-refractivity contribution is -0.144. The number of amides is 5. The molecule has 4 N–H and O–H groups in total. The molecule has 3 saturated carbocycles. The molecule has 0 aromatic heterocycles. The first-order chi connectivity index (χ1) is 22.3. The lowest BCUT2D eigenvalue weighted by Gasteiger charge is -2.38. The number of hydrogen-bond donors (Lipinski definition) is 4. The van der Waals surface area contributed by atoms with Crippen LogP contribution in [0.25, 0.3) is 0 Å². The molecule has 1 saturated heterocycles. The van der Waals surface area contributed by atoms with Crippen molar-refractivity contribution in [3.8, 4) is 0 Å². The molecule has 5 rings (SSSR count). The van der Waals surface area contributed by atoms with Crippen LogP contribution in [0.15, 0.2) is 47.9 Å². The molecule has 3 aliphatic carbocycles. The smallest absolute Gasteiger partial charge is 0.316 e. The number of carbonyl (C=O) groups is 5. The lowest BCUT2D eigenvalue weighted by Crippen LogP contribution is -2.63. The van der Waals surface area contributed by atoms with Crippen molar-refractivity contribution in [2.45, 2.75) is 96.3 Å². The van der Waals surface area contributed by atoms with Crippen LogP contribution in [0.1, 0.15) is 67.7 Å². The molecule has 4 aliphatic rings. The lowest BCUT2D eigenvalue weighted by atomic mass is 9.85. The summed E-state index contributed by atoms with van der Waals surface area (Å²) in [5, 5.41) is 8.43. The highest BCUT2D eigenvalue weighted by atomic mass is 32.2. The molecule has 2 unspecified atom stereocenters. The van der Waals surface area contributed by atoms with E-state index in [0.717, 1.165) is 12.8 Å². The molecular formula is C35H49N5O7S. The Hall–Kier alpha value is -3.74. The Labute approximate surface area is 283 Å². The van der Waals surface area contributed by atoms with Crippen LogP contribution < -0.4 is 20.7 Å². The fourth-order valence-electron chi connectivity index (χ4n) is 7.33. The van der Waals surface area contributed by atoms with Crippen LogP contribution in [0.2, 0.25) is 0 Å². The van der Waals surface area contributed by atoms with Gasteiger partial charge in [0.1, 0.15) is 17.6 Å². The largest absolute Gasteiger partial charge is 0.339 e. The van der Waals surface area contributed by atoms with E-state index in [0.29, 0.717) is 0 Å². The fraction of sp³-hybridized carbons (Fsp3) is 0.629. The molecule has 0 bridgehead atoms. The van der Waals surface area contributed by atoms with Gasteiger partial charge < -0.3 is 20.9 Å². The molecule has 1 heterocycles. The van der Waals surface area contributed by atoms with Gasteiger partial charge in [-0.25, -0.2) is 17.9 Å². The number of urea groups is 1. The maximum absolute atomic E-state index is 14.3. The van der Waals surface area contributed by atoms with Crippen molar-refractivity contribution in [1.82, 2.24) is 25.6 Å². The normalized spacial score (nSPS) is 28.4. The highest BCUT2D eigenvalue weighted by molar-refractivity contribution is 7.90. The van der Waals surface area contributed by atoms with Gasteiger partial charge in [0.05, 0.1) is 10.9 Å². The van der Waals surface area contributed by atoms with Crippen molar-refractivity contribution < 1.29 is 32.4 Å². The minimum atomic E-state index is -4.21. The van der Waals surface area contributed by atoms with E-state index >= 15 is 0 Å². The number of benzene rings is 1. The summed E-state index contributed by atoms with van der Waals surface area (Å²) in [6.45, 7) is 17.3. The highest BCUT2D eigenvalue weighted by Gasteiger charge is 2.71. The molecule has 12 nitrogen and oxygen atoms in total. The van der Waals surface area contributed by atoms with Crippen molar-refractivity contribution >= 4 is 39.6 Å². The number of nitrogens with one attached hydrogen (secondary N) is 4. The summed E-state index contributed by atoms with van der Waals surface area (Å²) in [5.41, 5.74) is -2.56. The maximum Gasteiger partial charge on any atom is 0.316 e. The molecule has 48 heavy (non-hydrogen) atoms. The third-order valence-electron chi connectivity index (χ3n) is 10.7. The van der Waals surface area contributed by atoms with E-state index in [9.17, 15) is 32.4 Å². The summed E-state index contributed by atoms with van der Waals surface area (Å²) in [5.74, 6) is -2.78. The minimum absolute atomic E-state index is 0.00942. The van der Waals surface area contributed by atoms with Crippen molar-refractivity contribution in [3.63, 3.8) is 0 Å². The Kier molecular flexibility index (Phi) is 9.11. The van der Waals surface area contributed by atoms with Crippen LogP contribution in [-0.4, -0.2) is 73.1 Å². The molecule has 13 heteroatoms. The number of hydrogen-bond acceptors (Lipinski definition) is 7. The SMILES string of the molecule is C=C[C@@H]1C[C@]1(NC(=O)[C@@H]1C2[C@H](CN1C(=O)[C@@H](NC(=O)NC(C(=O)C1CC1)C(C)C)C(C)(C)C)C2(C)C)C(=O)NS(=O)(=O)c1ccccc1. The number of nitrogens with zero attached hydrogens (tertiary/aromatic N) is 1. The Bertz CT molecular complexity index is 1610. The number of fused-ring (bicyclic) bond motifs is 1. The number of piperidine rings is 1. The van der Waals surface area contributed by atoms with Gasteiger partial charge in [0.2, 0.25) is 11.8 Å². The van der Waals surface area contributed by atoms with Gasteiger partial charge in [-0.05, 0) is 60.0 Å². The predicted octanol–water partition coefficient (Wildman–Crippen LogP) is 2.75. The second-order valence-corrected chi connectivity index (χ2v) is 17.6. The number of rotatable bonds is 12. The highest BCUT2D eigenvalue weighted by Crippen LogP contribution is 2.65. The summed E-state index contributed by atoms with van der Waals surface area (Å²) < 4.78 is 28.1. The molecule has 1 aromatic rings. The number of likely N-dealkylation sites (tertiary alicyclic amines) is 1. The minimum Gasteiger partial charge on any atom is -0.339 e. The van der Waals surface area contributed by atoms with Gasteiger partial charge in [0, 0.05) is 18.4 Å².